The minimum Gasteiger partial charge on any atom is -0.312 e. The number of pyridine rings is 1. The van der Waals surface area contributed by atoms with Crippen molar-refractivity contribution in [1.29, 1.82) is 5.26 Å². The molecular formula is C15H9N3O3. The predicted octanol–water partition coefficient (Wildman–Crippen LogP) is 1.36. The molecule has 2 amide bonds. The fourth-order valence-corrected chi connectivity index (χ4v) is 2.41. The van der Waals surface area contributed by atoms with E-state index in [9.17, 15) is 14.4 Å². The molecular weight excluding hydrogens is 270 g/mol. The molecule has 1 N–H and O–H groups in total. The summed E-state index contributed by atoms with van der Waals surface area (Å²) in [7, 11) is 0. The van der Waals surface area contributed by atoms with Crippen molar-refractivity contribution in [2.45, 2.75) is 6.92 Å². The first-order chi connectivity index (χ1) is 10.0. The average Bonchev–Trinajstić information content (AvgIpc) is 2.72. The molecule has 0 atom stereocenters. The Kier molecular flexibility index (Phi) is 2.70. The number of nitrogens with zero attached hydrogens (tertiary/aromatic N) is 2. The van der Waals surface area contributed by atoms with Crippen LogP contribution in [0.15, 0.2) is 35.1 Å². The number of amides is 2. The Labute approximate surface area is 119 Å². The molecule has 102 valence electrons. The largest absolute Gasteiger partial charge is 0.312 e. The van der Waals surface area contributed by atoms with E-state index in [4.69, 9.17) is 5.26 Å². The minimum absolute atomic E-state index is 0.0415. The van der Waals surface area contributed by atoms with E-state index in [-0.39, 0.29) is 22.5 Å². The van der Waals surface area contributed by atoms with Crippen LogP contribution in [0.1, 0.15) is 32.0 Å². The Morgan fingerprint density at radius 3 is 2.14 bits per heavy atom. The molecule has 0 spiro atoms. The predicted molar refractivity (Wildman–Crippen MR) is 74.1 cm³/mol. The highest BCUT2D eigenvalue weighted by atomic mass is 16.2. The molecule has 21 heavy (non-hydrogen) atoms. The Hall–Kier alpha value is -3.20. The van der Waals surface area contributed by atoms with Gasteiger partial charge in [-0.2, -0.15) is 5.26 Å². The van der Waals surface area contributed by atoms with E-state index in [0.717, 1.165) is 4.90 Å². The number of nitrogens with one attached hydrogen (secondary N) is 1. The van der Waals surface area contributed by atoms with Crippen LogP contribution in [-0.4, -0.2) is 16.8 Å². The molecule has 0 aliphatic carbocycles. The van der Waals surface area contributed by atoms with Crippen LogP contribution < -0.4 is 10.5 Å². The summed E-state index contributed by atoms with van der Waals surface area (Å²) < 4.78 is 0. The molecule has 0 fully saturated rings. The Balaban J connectivity index is 2.21. The van der Waals surface area contributed by atoms with Gasteiger partial charge in [0.15, 0.2) is 0 Å². The fourth-order valence-electron chi connectivity index (χ4n) is 2.41. The lowest BCUT2D eigenvalue weighted by molar-refractivity contribution is 0.0925. The molecule has 0 bridgehead atoms. The van der Waals surface area contributed by atoms with Crippen LogP contribution in [0.2, 0.25) is 0 Å². The molecule has 0 saturated heterocycles. The number of nitriles is 1. The summed E-state index contributed by atoms with van der Waals surface area (Å²) in [5.41, 5.74) is 0.334. The van der Waals surface area contributed by atoms with Crippen LogP contribution in [0.25, 0.3) is 0 Å². The van der Waals surface area contributed by atoms with Gasteiger partial charge >= 0.3 is 0 Å². The minimum atomic E-state index is -0.638. The molecule has 6 nitrogen and oxygen atoms in total. The molecule has 1 aromatic heterocycles. The van der Waals surface area contributed by atoms with E-state index in [0.29, 0.717) is 5.56 Å². The smallest absolute Gasteiger partial charge is 0.273 e. The van der Waals surface area contributed by atoms with Crippen molar-refractivity contribution < 1.29 is 9.59 Å². The quantitative estimate of drug-likeness (QED) is 0.797. The number of imide groups is 1. The number of benzene rings is 1. The van der Waals surface area contributed by atoms with Gasteiger partial charge < -0.3 is 4.98 Å². The number of H-pyrrole nitrogens is 1. The molecule has 1 aromatic carbocycles. The first-order valence-electron chi connectivity index (χ1n) is 6.16. The van der Waals surface area contributed by atoms with Crippen LogP contribution in [0.4, 0.5) is 5.69 Å². The maximum absolute atomic E-state index is 12.4. The van der Waals surface area contributed by atoms with E-state index in [1.54, 1.807) is 31.2 Å². The third-order valence-electron chi connectivity index (χ3n) is 3.34. The van der Waals surface area contributed by atoms with Crippen LogP contribution in [0.3, 0.4) is 0 Å². The number of carbonyl (C=O) groups excluding carboxylic acids is 2. The summed E-state index contributed by atoms with van der Waals surface area (Å²) in [5.74, 6) is -1.07. The van der Waals surface area contributed by atoms with Gasteiger partial charge in [-0.25, -0.2) is 4.90 Å². The lowest BCUT2D eigenvalue weighted by Gasteiger charge is -2.15. The molecule has 1 aliphatic heterocycles. The van der Waals surface area contributed by atoms with Gasteiger partial charge in [0.1, 0.15) is 17.5 Å². The van der Waals surface area contributed by atoms with E-state index in [1.165, 1.54) is 6.07 Å². The van der Waals surface area contributed by atoms with Crippen LogP contribution in [-0.2, 0) is 0 Å². The highest BCUT2D eigenvalue weighted by Crippen LogP contribution is 2.28. The summed E-state index contributed by atoms with van der Waals surface area (Å²) in [6.45, 7) is 1.58. The lowest BCUT2D eigenvalue weighted by atomic mass is 10.1. The molecule has 1 aliphatic rings. The number of rotatable bonds is 1. The standard InChI is InChI=1S/C15H9N3O3/c1-8-6-9(7-16)17-13(19)12(8)18-14(20)10-4-2-3-5-11(10)15(18)21/h2-6H,1H3,(H,17,19). The fraction of sp³-hybridized carbons (Fsp3) is 0.0667. The Morgan fingerprint density at radius 2 is 1.67 bits per heavy atom. The maximum Gasteiger partial charge on any atom is 0.273 e. The summed E-state index contributed by atoms with van der Waals surface area (Å²) >= 11 is 0. The SMILES string of the molecule is Cc1cc(C#N)[nH]c(=O)c1N1C(=O)c2ccccc2C1=O. The number of aromatic amines is 1. The monoisotopic (exact) mass is 279 g/mol. The van der Waals surface area contributed by atoms with E-state index >= 15 is 0 Å². The van der Waals surface area contributed by atoms with Crippen molar-refractivity contribution in [2.75, 3.05) is 4.90 Å². The van der Waals surface area contributed by atoms with Gasteiger partial charge in [-0.3, -0.25) is 14.4 Å². The average molecular weight is 279 g/mol. The number of hydrogen-bond donors (Lipinski definition) is 1. The van der Waals surface area contributed by atoms with Crippen molar-refractivity contribution >= 4 is 17.5 Å². The molecule has 0 saturated carbocycles. The first kappa shape index (κ1) is 12.8. The van der Waals surface area contributed by atoms with Crippen molar-refractivity contribution in [2.24, 2.45) is 0 Å². The highest BCUT2D eigenvalue weighted by Gasteiger charge is 2.38. The zero-order valence-corrected chi connectivity index (χ0v) is 11.0. The van der Waals surface area contributed by atoms with Crippen LogP contribution >= 0.6 is 0 Å². The third kappa shape index (κ3) is 1.75. The molecule has 2 aromatic rings. The van der Waals surface area contributed by atoms with Crippen LogP contribution in [0.5, 0.6) is 0 Å². The van der Waals surface area contributed by atoms with Gasteiger partial charge in [0.2, 0.25) is 0 Å². The van der Waals surface area contributed by atoms with Gasteiger partial charge in [0.05, 0.1) is 11.1 Å². The molecule has 6 heteroatoms. The highest BCUT2D eigenvalue weighted by molar-refractivity contribution is 6.34. The summed E-state index contributed by atoms with van der Waals surface area (Å²) in [6, 6.07) is 9.65. The van der Waals surface area contributed by atoms with E-state index < -0.39 is 17.4 Å². The zero-order valence-electron chi connectivity index (χ0n) is 11.0. The van der Waals surface area contributed by atoms with Gasteiger partial charge in [0.25, 0.3) is 17.4 Å². The number of aryl methyl sites for hydroxylation is 1. The molecule has 3 rings (SSSR count). The molecule has 0 radical (unpaired) electrons. The second-order valence-electron chi connectivity index (χ2n) is 4.65. The zero-order chi connectivity index (χ0) is 15.1. The summed E-state index contributed by atoms with van der Waals surface area (Å²) in [4.78, 5) is 40.0. The normalized spacial score (nSPS) is 13.2. The maximum atomic E-state index is 12.4. The summed E-state index contributed by atoms with van der Waals surface area (Å²) in [5, 5.41) is 8.82. The third-order valence-corrected chi connectivity index (χ3v) is 3.34. The second-order valence-corrected chi connectivity index (χ2v) is 4.65. The number of fused-ring (bicyclic) bond motifs is 1. The van der Waals surface area contributed by atoms with Gasteiger partial charge in [-0.15, -0.1) is 0 Å². The van der Waals surface area contributed by atoms with Gasteiger partial charge in [-0.05, 0) is 30.7 Å². The van der Waals surface area contributed by atoms with Gasteiger partial charge in [0, 0.05) is 0 Å². The van der Waals surface area contributed by atoms with Crippen LogP contribution in [0, 0.1) is 18.3 Å². The Morgan fingerprint density at radius 1 is 1.10 bits per heavy atom. The summed E-state index contributed by atoms with van der Waals surface area (Å²) in [6.07, 6.45) is 0. The molecule has 2 heterocycles. The number of aromatic nitrogens is 1. The number of hydrogen-bond acceptors (Lipinski definition) is 4. The van der Waals surface area contributed by atoms with Crippen molar-refractivity contribution in [1.82, 2.24) is 4.98 Å². The van der Waals surface area contributed by atoms with Gasteiger partial charge in [-0.1, -0.05) is 12.1 Å². The van der Waals surface area contributed by atoms with Crippen molar-refractivity contribution in [3.63, 3.8) is 0 Å². The van der Waals surface area contributed by atoms with Crippen molar-refractivity contribution in [3.8, 4) is 6.07 Å². The molecule has 0 unspecified atom stereocenters. The Bertz CT molecular complexity index is 855. The number of carbonyl (C=O) groups is 2. The topological polar surface area (TPSA) is 94.0 Å². The van der Waals surface area contributed by atoms with Crippen molar-refractivity contribution in [3.05, 3.63) is 63.1 Å². The number of anilines is 1. The van der Waals surface area contributed by atoms with E-state index in [1.807, 2.05) is 6.07 Å². The van der Waals surface area contributed by atoms with E-state index in [2.05, 4.69) is 4.98 Å². The second kappa shape index (κ2) is 4.42. The lowest BCUT2D eigenvalue weighted by Crippen LogP contribution is -2.35. The first-order valence-corrected chi connectivity index (χ1v) is 6.16.